The molecule has 142 valence electrons. The van der Waals surface area contributed by atoms with Crippen molar-refractivity contribution in [2.75, 3.05) is 49.2 Å². The van der Waals surface area contributed by atoms with Gasteiger partial charge >= 0.3 is 0 Å². The van der Waals surface area contributed by atoms with E-state index in [4.69, 9.17) is 21.4 Å². The Bertz CT molecular complexity index is 914. The first-order valence-electron chi connectivity index (χ1n) is 9.44. The van der Waals surface area contributed by atoms with Crippen LogP contribution in [-0.2, 0) is 4.74 Å². The largest absolute Gasteiger partial charge is 0.378 e. The van der Waals surface area contributed by atoms with Crippen molar-refractivity contribution in [3.63, 3.8) is 0 Å². The molecule has 0 atom stereocenters. The van der Waals surface area contributed by atoms with E-state index in [2.05, 4.69) is 52.9 Å². The van der Waals surface area contributed by atoms with Gasteiger partial charge in [0.25, 0.3) is 0 Å². The molecule has 1 saturated heterocycles. The van der Waals surface area contributed by atoms with Crippen molar-refractivity contribution in [2.24, 2.45) is 0 Å². The van der Waals surface area contributed by atoms with E-state index in [-0.39, 0.29) is 0 Å². The number of hydrogen-bond acceptors (Lipinski definition) is 5. The van der Waals surface area contributed by atoms with Gasteiger partial charge in [-0.3, -0.25) is 0 Å². The second kappa shape index (κ2) is 7.74. The topological polar surface area (TPSA) is 45.9 Å². The lowest BCUT2D eigenvalue weighted by Gasteiger charge is -2.28. The number of hydrogen-bond donors (Lipinski definition) is 0. The fraction of sp³-hybridized carbons (Fsp3) is 0.400. The molecule has 1 aromatic carbocycles. The lowest BCUT2D eigenvalue weighted by Crippen LogP contribution is -2.37. The molecule has 0 saturated carbocycles. The van der Waals surface area contributed by atoms with E-state index in [0.717, 1.165) is 48.9 Å². The molecule has 2 aromatic heterocycles. The van der Waals surface area contributed by atoms with Gasteiger partial charge in [0.05, 0.1) is 18.9 Å². The van der Waals surface area contributed by atoms with Crippen LogP contribution < -0.4 is 9.80 Å². The van der Waals surface area contributed by atoms with E-state index < -0.39 is 0 Å². The number of halogens is 1. The molecule has 0 aliphatic carbocycles. The average molecular weight is 386 g/mol. The molecule has 1 fully saturated rings. The first-order valence-corrected chi connectivity index (χ1v) is 9.81. The third-order valence-corrected chi connectivity index (χ3v) is 5.20. The molecule has 0 spiro atoms. The van der Waals surface area contributed by atoms with Crippen LogP contribution in [0, 0.1) is 0 Å². The molecule has 6 nitrogen and oxygen atoms in total. The highest BCUT2D eigenvalue weighted by molar-refractivity contribution is 6.29. The van der Waals surface area contributed by atoms with Crippen LogP contribution in [0.25, 0.3) is 16.9 Å². The molecule has 3 aromatic rings. The second-order valence-electron chi connectivity index (χ2n) is 6.56. The molecule has 1 aliphatic rings. The zero-order valence-corrected chi connectivity index (χ0v) is 16.5. The van der Waals surface area contributed by atoms with Crippen molar-refractivity contribution in [2.45, 2.75) is 13.8 Å². The van der Waals surface area contributed by atoms with Crippen molar-refractivity contribution in [1.29, 1.82) is 0 Å². The number of fused-ring (bicyclic) bond motifs is 1. The van der Waals surface area contributed by atoms with Gasteiger partial charge in [0.15, 0.2) is 5.65 Å². The quantitative estimate of drug-likeness (QED) is 0.626. The van der Waals surface area contributed by atoms with Gasteiger partial charge in [0, 0.05) is 49.6 Å². The Morgan fingerprint density at radius 2 is 1.78 bits per heavy atom. The highest BCUT2D eigenvalue weighted by Gasteiger charge is 2.18. The van der Waals surface area contributed by atoms with Crippen LogP contribution in [0.5, 0.6) is 0 Å². The SMILES string of the molecule is CCN(CC)c1ccc(-c2cc3nc(Cl)cc(N4CCOCC4)n3n2)cc1. The molecular weight excluding hydrogens is 362 g/mol. The summed E-state index contributed by atoms with van der Waals surface area (Å²) in [6, 6.07) is 12.4. The molecule has 3 heterocycles. The number of aromatic nitrogens is 3. The van der Waals surface area contributed by atoms with Crippen LogP contribution in [0.2, 0.25) is 5.15 Å². The third-order valence-electron chi connectivity index (χ3n) is 5.00. The van der Waals surface area contributed by atoms with Crippen LogP contribution in [0.4, 0.5) is 11.5 Å². The van der Waals surface area contributed by atoms with E-state index in [1.165, 1.54) is 5.69 Å². The predicted octanol–water partition coefficient (Wildman–Crippen LogP) is 3.73. The van der Waals surface area contributed by atoms with Crippen molar-refractivity contribution < 1.29 is 4.74 Å². The highest BCUT2D eigenvalue weighted by Crippen LogP contribution is 2.27. The molecular formula is C20H24ClN5O. The van der Waals surface area contributed by atoms with E-state index >= 15 is 0 Å². The van der Waals surface area contributed by atoms with Gasteiger partial charge in [-0.1, -0.05) is 23.7 Å². The van der Waals surface area contributed by atoms with Crippen LogP contribution in [0.15, 0.2) is 36.4 Å². The Labute approximate surface area is 164 Å². The summed E-state index contributed by atoms with van der Waals surface area (Å²) in [6.45, 7) is 9.40. The first-order chi connectivity index (χ1) is 13.2. The maximum Gasteiger partial charge on any atom is 0.159 e. The number of ether oxygens (including phenoxy) is 1. The van der Waals surface area contributed by atoms with Crippen molar-refractivity contribution in [3.8, 4) is 11.3 Å². The minimum atomic E-state index is 0.479. The molecule has 1 aliphatic heterocycles. The normalized spacial score (nSPS) is 14.7. The minimum absolute atomic E-state index is 0.479. The summed E-state index contributed by atoms with van der Waals surface area (Å²) >= 11 is 6.27. The smallest absolute Gasteiger partial charge is 0.159 e. The van der Waals surface area contributed by atoms with Crippen LogP contribution in [-0.4, -0.2) is 54.0 Å². The molecule has 7 heteroatoms. The van der Waals surface area contributed by atoms with Gasteiger partial charge in [0.1, 0.15) is 11.0 Å². The monoisotopic (exact) mass is 385 g/mol. The van der Waals surface area contributed by atoms with E-state index in [9.17, 15) is 0 Å². The Balaban J connectivity index is 1.71. The molecule has 0 radical (unpaired) electrons. The summed E-state index contributed by atoms with van der Waals surface area (Å²) in [5.74, 6) is 0.958. The van der Waals surface area contributed by atoms with Crippen molar-refractivity contribution in [3.05, 3.63) is 41.6 Å². The molecule has 0 bridgehead atoms. The molecule has 0 unspecified atom stereocenters. The van der Waals surface area contributed by atoms with E-state index in [0.29, 0.717) is 18.4 Å². The Hall–Kier alpha value is -2.31. The summed E-state index contributed by atoms with van der Waals surface area (Å²) in [6.07, 6.45) is 0. The number of anilines is 2. The zero-order valence-electron chi connectivity index (χ0n) is 15.7. The second-order valence-corrected chi connectivity index (χ2v) is 6.94. The Morgan fingerprint density at radius 1 is 1.07 bits per heavy atom. The zero-order chi connectivity index (χ0) is 18.8. The maximum absolute atomic E-state index is 6.27. The first kappa shape index (κ1) is 18.1. The third kappa shape index (κ3) is 3.59. The fourth-order valence-electron chi connectivity index (χ4n) is 3.52. The van der Waals surface area contributed by atoms with Crippen molar-refractivity contribution in [1.82, 2.24) is 14.6 Å². The minimum Gasteiger partial charge on any atom is -0.378 e. The van der Waals surface area contributed by atoms with Gasteiger partial charge in [0.2, 0.25) is 0 Å². The Kier molecular flexibility index (Phi) is 5.18. The summed E-state index contributed by atoms with van der Waals surface area (Å²) in [5.41, 5.74) is 3.94. The standard InChI is InChI=1S/C20H24ClN5O/c1-3-24(4-2)16-7-5-15(6-8-16)17-13-19-22-18(21)14-20(26(19)23-17)25-9-11-27-12-10-25/h5-8,13-14H,3-4,9-12H2,1-2H3. The van der Waals surface area contributed by atoms with Gasteiger partial charge in [-0.2, -0.15) is 9.61 Å². The summed E-state index contributed by atoms with van der Waals surface area (Å²) in [4.78, 5) is 9.01. The van der Waals surface area contributed by atoms with Gasteiger partial charge in [-0.15, -0.1) is 0 Å². The van der Waals surface area contributed by atoms with Gasteiger partial charge in [-0.05, 0) is 26.0 Å². The molecule has 0 amide bonds. The highest BCUT2D eigenvalue weighted by atomic mass is 35.5. The van der Waals surface area contributed by atoms with Crippen LogP contribution in [0.3, 0.4) is 0 Å². The number of benzene rings is 1. The molecule has 0 N–H and O–H groups in total. The fourth-order valence-corrected chi connectivity index (χ4v) is 3.70. The molecule has 4 rings (SSSR count). The average Bonchev–Trinajstić information content (AvgIpc) is 3.13. The summed E-state index contributed by atoms with van der Waals surface area (Å²) in [7, 11) is 0. The molecule has 27 heavy (non-hydrogen) atoms. The van der Waals surface area contributed by atoms with Crippen LogP contribution in [0.1, 0.15) is 13.8 Å². The van der Waals surface area contributed by atoms with E-state index in [1.807, 2.05) is 16.6 Å². The van der Waals surface area contributed by atoms with Gasteiger partial charge < -0.3 is 14.5 Å². The van der Waals surface area contributed by atoms with Crippen molar-refractivity contribution >= 4 is 28.8 Å². The van der Waals surface area contributed by atoms with Gasteiger partial charge in [-0.25, -0.2) is 4.98 Å². The number of rotatable bonds is 5. The number of nitrogens with zero attached hydrogens (tertiary/aromatic N) is 5. The summed E-state index contributed by atoms with van der Waals surface area (Å²) < 4.78 is 7.34. The van der Waals surface area contributed by atoms with E-state index in [1.54, 1.807) is 0 Å². The maximum atomic E-state index is 6.27. The lowest BCUT2D eigenvalue weighted by molar-refractivity contribution is 0.122. The predicted molar refractivity (Wildman–Crippen MR) is 110 cm³/mol. The van der Waals surface area contributed by atoms with Crippen LogP contribution >= 0.6 is 11.6 Å². The number of morpholine rings is 1. The lowest BCUT2D eigenvalue weighted by atomic mass is 10.1. The summed E-state index contributed by atoms with van der Waals surface area (Å²) in [5, 5.41) is 5.29. The Morgan fingerprint density at radius 3 is 2.44 bits per heavy atom.